The van der Waals surface area contributed by atoms with E-state index in [1.165, 1.54) is 26.0 Å². The van der Waals surface area contributed by atoms with Crippen LogP contribution in [-0.4, -0.2) is 21.8 Å². The zero-order valence-electron chi connectivity index (χ0n) is 13.3. The van der Waals surface area contributed by atoms with Crippen molar-refractivity contribution in [3.63, 3.8) is 0 Å². The Labute approximate surface area is 150 Å². The summed E-state index contributed by atoms with van der Waals surface area (Å²) in [4.78, 5) is 21.8. The average molecular weight is 369 g/mol. The number of benzene rings is 2. The Morgan fingerprint density at radius 2 is 1.12 bits per heavy atom. The first-order valence-electron chi connectivity index (χ1n) is 7.07. The van der Waals surface area contributed by atoms with E-state index in [4.69, 9.17) is 23.2 Å². The molecular formula is C18H18Cl2O4. The van der Waals surface area contributed by atoms with Crippen molar-refractivity contribution in [2.45, 2.75) is 25.6 Å². The number of phenols is 2. The highest BCUT2D eigenvalue weighted by atomic mass is 35.5. The Kier molecular flexibility index (Phi) is 7.75. The summed E-state index contributed by atoms with van der Waals surface area (Å²) in [5.41, 5.74) is 2.32. The maximum atomic E-state index is 10.9. The first kappa shape index (κ1) is 20.0. The fourth-order valence-electron chi connectivity index (χ4n) is 1.82. The number of carbonyl (C=O) groups is 2. The number of halogens is 2. The van der Waals surface area contributed by atoms with Crippen molar-refractivity contribution in [2.24, 2.45) is 0 Å². The van der Waals surface area contributed by atoms with Crippen molar-refractivity contribution in [3.05, 3.63) is 58.7 Å². The van der Waals surface area contributed by atoms with E-state index < -0.39 is 0 Å². The van der Waals surface area contributed by atoms with Gasteiger partial charge in [0.25, 0.3) is 0 Å². The second-order valence-corrected chi connectivity index (χ2v) is 5.60. The van der Waals surface area contributed by atoms with Crippen LogP contribution in [0.25, 0.3) is 0 Å². The molecule has 2 rings (SSSR count). The molecule has 0 aromatic heterocycles. The summed E-state index contributed by atoms with van der Waals surface area (Å²) in [6.07, 6.45) is 0. The van der Waals surface area contributed by atoms with Gasteiger partial charge < -0.3 is 10.2 Å². The molecule has 24 heavy (non-hydrogen) atoms. The standard InChI is InChI=1S/2C9H9ClO2/c2*1-6(11)7-2-3-9(12)8(4-7)5-10/h2*2-4,12H,5H2,1H3. The van der Waals surface area contributed by atoms with Crippen molar-refractivity contribution in [1.29, 1.82) is 0 Å². The highest BCUT2D eigenvalue weighted by Crippen LogP contribution is 2.21. The number of alkyl halides is 2. The zero-order chi connectivity index (χ0) is 18.3. The average Bonchev–Trinajstić information content (AvgIpc) is 2.55. The lowest BCUT2D eigenvalue weighted by Gasteiger charge is -2.01. The Bertz CT molecular complexity index is 678. The number of Topliss-reactive ketones (excluding diaryl/α,β-unsaturated/α-hetero) is 2. The Morgan fingerprint density at radius 3 is 1.38 bits per heavy atom. The fourth-order valence-corrected chi connectivity index (χ4v) is 2.25. The van der Waals surface area contributed by atoms with Crippen LogP contribution in [0.3, 0.4) is 0 Å². The molecule has 0 heterocycles. The molecule has 0 atom stereocenters. The quantitative estimate of drug-likeness (QED) is 0.607. The molecule has 0 amide bonds. The van der Waals surface area contributed by atoms with Crippen molar-refractivity contribution in [1.82, 2.24) is 0 Å². The lowest BCUT2D eigenvalue weighted by molar-refractivity contribution is 0.100. The van der Waals surface area contributed by atoms with Crippen LogP contribution >= 0.6 is 23.2 Å². The van der Waals surface area contributed by atoms with E-state index in [1.54, 1.807) is 24.3 Å². The summed E-state index contributed by atoms with van der Waals surface area (Å²) in [5, 5.41) is 18.4. The summed E-state index contributed by atoms with van der Waals surface area (Å²) in [7, 11) is 0. The second kappa shape index (κ2) is 9.30. The lowest BCUT2D eigenvalue weighted by atomic mass is 10.1. The third-order valence-corrected chi connectivity index (χ3v) is 3.84. The van der Waals surface area contributed by atoms with Crippen LogP contribution in [0.15, 0.2) is 36.4 Å². The lowest BCUT2D eigenvalue weighted by Crippen LogP contribution is -1.92. The molecule has 0 aliphatic rings. The number of hydrogen-bond donors (Lipinski definition) is 2. The van der Waals surface area contributed by atoms with Gasteiger partial charge in [-0.3, -0.25) is 9.59 Å². The summed E-state index contributed by atoms with van der Waals surface area (Å²) in [6, 6.07) is 9.32. The third kappa shape index (κ3) is 5.55. The van der Waals surface area contributed by atoms with E-state index in [1.807, 2.05) is 0 Å². The predicted molar refractivity (Wildman–Crippen MR) is 95.3 cm³/mol. The van der Waals surface area contributed by atoms with Gasteiger partial charge in [-0.15, -0.1) is 23.2 Å². The Balaban J connectivity index is 0.000000240. The Hall–Kier alpha value is -2.04. The van der Waals surface area contributed by atoms with Crippen LogP contribution in [0.5, 0.6) is 11.5 Å². The minimum absolute atomic E-state index is 0.0265. The maximum absolute atomic E-state index is 10.9. The Morgan fingerprint density at radius 1 is 0.792 bits per heavy atom. The molecule has 0 radical (unpaired) electrons. The third-order valence-electron chi connectivity index (χ3n) is 3.26. The van der Waals surface area contributed by atoms with Crippen molar-refractivity contribution >= 4 is 34.8 Å². The van der Waals surface area contributed by atoms with Gasteiger partial charge in [0.1, 0.15) is 11.5 Å². The van der Waals surface area contributed by atoms with Crippen LogP contribution in [0.2, 0.25) is 0 Å². The summed E-state index contributed by atoms with van der Waals surface area (Å²) in [6.45, 7) is 2.95. The highest BCUT2D eigenvalue weighted by molar-refractivity contribution is 6.17. The van der Waals surface area contributed by atoms with Gasteiger partial charge in [0, 0.05) is 22.3 Å². The molecular weight excluding hydrogens is 351 g/mol. The van der Waals surface area contributed by atoms with Crippen molar-refractivity contribution in [3.8, 4) is 11.5 Å². The molecule has 128 valence electrons. The number of carbonyl (C=O) groups excluding carboxylic acids is 2. The molecule has 0 aliphatic heterocycles. The normalized spacial score (nSPS) is 9.83. The van der Waals surface area contributed by atoms with E-state index in [0.717, 1.165) is 0 Å². The number of rotatable bonds is 4. The molecule has 0 unspecified atom stereocenters. The molecule has 6 heteroatoms. The predicted octanol–water partition coefficient (Wildman–Crippen LogP) is 4.67. The number of aromatic hydroxyl groups is 2. The molecule has 2 aromatic carbocycles. The molecule has 2 aromatic rings. The van der Waals surface area contributed by atoms with Gasteiger partial charge >= 0.3 is 0 Å². The molecule has 0 aliphatic carbocycles. The largest absolute Gasteiger partial charge is 0.508 e. The maximum Gasteiger partial charge on any atom is 0.159 e. The number of phenolic OH excluding ortho intramolecular Hbond substituents is 2. The van der Waals surface area contributed by atoms with E-state index in [2.05, 4.69) is 0 Å². The van der Waals surface area contributed by atoms with Crippen molar-refractivity contribution in [2.75, 3.05) is 0 Å². The van der Waals surface area contributed by atoms with Crippen LogP contribution in [0, 0.1) is 0 Å². The second-order valence-electron chi connectivity index (χ2n) is 5.07. The van der Waals surface area contributed by atoms with E-state index in [9.17, 15) is 19.8 Å². The van der Waals surface area contributed by atoms with Gasteiger partial charge in [0.05, 0.1) is 11.8 Å². The van der Waals surface area contributed by atoms with Gasteiger partial charge in [-0.1, -0.05) is 0 Å². The van der Waals surface area contributed by atoms with Gasteiger partial charge in [0.2, 0.25) is 0 Å². The van der Waals surface area contributed by atoms with Gasteiger partial charge in [-0.2, -0.15) is 0 Å². The van der Waals surface area contributed by atoms with E-state index in [0.29, 0.717) is 22.3 Å². The summed E-state index contributed by atoms with van der Waals surface area (Å²) in [5.74, 6) is 0.646. The topological polar surface area (TPSA) is 74.6 Å². The highest BCUT2D eigenvalue weighted by Gasteiger charge is 2.04. The molecule has 0 saturated heterocycles. The SMILES string of the molecule is CC(=O)c1ccc(O)c(CCl)c1.CC(=O)c1ccc(O)c(CCl)c1. The van der Waals surface area contributed by atoms with E-state index in [-0.39, 0.29) is 34.8 Å². The molecule has 2 N–H and O–H groups in total. The first-order valence-corrected chi connectivity index (χ1v) is 8.14. The zero-order valence-corrected chi connectivity index (χ0v) is 14.9. The fraction of sp³-hybridized carbons (Fsp3) is 0.222. The molecule has 0 saturated carbocycles. The first-order chi connectivity index (χ1) is 11.3. The van der Waals surface area contributed by atoms with Crippen LogP contribution in [0.4, 0.5) is 0 Å². The monoisotopic (exact) mass is 368 g/mol. The smallest absolute Gasteiger partial charge is 0.159 e. The molecule has 0 spiro atoms. The minimum atomic E-state index is -0.0265. The van der Waals surface area contributed by atoms with Gasteiger partial charge in [0.15, 0.2) is 11.6 Å². The molecule has 4 nitrogen and oxygen atoms in total. The van der Waals surface area contributed by atoms with Crippen LogP contribution in [-0.2, 0) is 11.8 Å². The van der Waals surface area contributed by atoms with Gasteiger partial charge in [-0.25, -0.2) is 0 Å². The molecule has 0 fully saturated rings. The number of ketones is 2. The molecule has 0 bridgehead atoms. The minimum Gasteiger partial charge on any atom is -0.508 e. The summed E-state index contributed by atoms with van der Waals surface area (Å²) < 4.78 is 0. The number of hydrogen-bond acceptors (Lipinski definition) is 4. The van der Waals surface area contributed by atoms with Gasteiger partial charge in [-0.05, 0) is 50.2 Å². The van der Waals surface area contributed by atoms with Crippen LogP contribution in [0.1, 0.15) is 45.7 Å². The van der Waals surface area contributed by atoms with Crippen molar-refractivity contribution < 1.29 is 19.8 Å². The summed E-state index contributed by atoms with van der Waals surface area (Å²) >= 11 is 11.1. The van der Waals surface area contributed by atoms with E-state index >= 15 is 0 Å². The van der Waals surface area contributed by atoms with Crippen LogP contribution < -0.4 is 0 Å².